The lowest BCUT2D eigenvalue weighted by Gasteiger charge is -2.03. The highest BCUT2D eigenvalue weighted by molar-refractivity contribution is 6.10. The normalized spacial score (nSPS) is 10.1. The van der Waals surface area contributed by atoms with Crippen LogP contribution in [0.15, 0.2) is 4.42 Å². The number of esters is 1. The van der Waals surface area contributed by atoms with Crippen molar-refractivity contribution in [2.24, 2.45) is 5.73 Å². The lowest BCUT2D eigenvalue weighted by atomic mass is 10.1. The molecule has 0 unspecified atom stereocenters. The molecule has 0 saturated carbocycles. The first kappa shape index (κ1) is 14.7. The number of amides is 2. The van der Waals surface area contributed by atoms with Crippen LogP contribution < -0.4 is 11.1 Å². The van der Waals surface area contributed by atoms with E-state index in [2.05, 4.69) is 5.32 Å². The molecule has 0 radical (unpaired) electrons. The lowest BCUT2D eigenvalue weighted by molar-refractivity contribution is -0.116. The molecule has 1 rings (SSSR count). The van der Waals surface area contributed by atoms with E-state index < -0.39 is 11.9 Å². The van der Waals surface area contributed by atoms with Crippen LogP contribution >= 0.6 is 0 Å². The number of carbonyl (C=O) groups excluding carboxylic acids is 3. The molecule has 0 atom stereocenters. The van der Waals surface area contributed by atoms with Gasteiger partial charge in [0.15, 0.2) is 0 Å². The number of nitrogens with one attached hydrogen (secondary N) is 1. The molecule has 0 spiro atoms. The summed E-state index contributed by atoms with van der Waals surface area (Å²) in [6.07, 6.45) is 0.201. The second-order valence-electron chi connectivity index (χ2n) is 3.72. The zero-order valence-electron chi connectivity index (χ0n) is 11.0. The molecule has 1 heterocycles. The minimum atomic E-state index is -0.869. The number of carbonyl (C=O) groups is 3. The van der Waals surface area contributed by atoms with Crippen molar-refractivity contribution >= 4 is 23.7 Å². The van der Waals surface area contributed by atoms with Crippen molar-refractivity contribution in [3.63, 3.8) is 0 Å². The largest absolute Gasteiger partial charge is 0.462 e. The number of rotatable bonds is 5. The molecule has 7 heteroatoms. The predicted octanol–water partition coefficient (Wildman–Crippen LogP) is 1.21. The fourth-order valence-corrected chi connectivity index (χ4v) is 1.53. The Morgan fingerprint density at radius 2 is 1.89 bits per heavy atom. The van der Waals surface area contributed by atoms with Crippen molar-refractivity contribution in [2.75, 3.05) is 11.9 Å². The van der Waals surface area contributed by atoms with Crippen LogP contribution in [0.2, 0.25) is 0 Å². The minimum Gasteiger partial charge on any atom is -0.462 e. The summed E-state index contributed by atoms with van der Waals surface area (Å²) in [6, 6.07) is 0. The third-order valence-corrected chi connectivity index (χ3v) is 2.38. The van der Waals surface area contributed by atoms with Gasteiger partial charge in [-0.05, 0) is 13.8 Å². The average Bonchev–Trinajstić information content (AvgIpc) is 2.66. The zero-order valence-corrected chi connectivity index (χ0v) is 11.0. The van der Waals surface area contributed by atoms with E-state index in [0.29, 0.717) is 0 Å². The smallest absolute Gasteiger partial charge is 0.342 e. The fraction of sp³-hybridized carbons (Fsp3) is 0.417. The van der Waals surface area contributed by atoms with Crippen molar-refractivity contribution in [1.82, 2.24) is 0 Å². The fourth-order valence-electron chi connectivity index (χ4n) is 1.53. The van der Waals surface area contributed by atoms with Crippen LogP contribution in [0.25, 0.3) is 0 Å². The second-order valence-corrected chi connectivity index (χ2v) is 3.72. The molecule has 19 heavy (non-hydrogen) atoms. The first-order chi connectivity index (χ1) is 8.92. The van der Waals surface area contributed by atoms with E-state index in [1.807, 2.05) is 0 Å². The summed E-state index contributed by atoms with van der Waals surface area (Å²) in [6.45, 7) is 4.91. The number of furan rings is 1. The van der Waals surface area contributed by atoms with Gasteiger partial charge in [0.25, 0.3) is 5.91 Å². The first-order valence-electron chi connectivity index (χ1n) is 5.82. The molecule has 104 valence electrons. The summed E-state index contributed by atoms with van der Waals surface area (Å²) >= 11 is 0. The maximum atomic E-state index is 11.8. The Hall–Kier alpha value is -2.31. The predicted molar refractivity (Wildman–Crippen MR) is 66.8 cm³/mol. The number of aryl methyl sites for hydroxylation is 1. The van der Waals surface area contributed by atoms with Crippen molar-refractivity contribution < 1.29 is 23.5 Å². The van der Waals surface area contributed by atoms with E-state index in [9.17, 15) is 14.4 Å². The Morgan fingerprint density at radius 1 is 1.26 bits per heavy atom. The maximum Gasteiger partial charge on any atom is 0.342 e. The van der Waals surface area contributed by atoms with Crippen LogP contribution in [0.1, 0.15) is 46.7 Å². The number of hydrogen-bond acceptors (Lipinski definition) is 5. The molecule has 2 amide bonds. The van der Waals surface area contributed by atoms with E-state index in [-0.39, 0.29) is 41.7 Å². The number of nitrogens with two attached hydrogens (primary N) is 1. The standard InChI is InChI=1S/C12H16N2O5/c1-4-7(15)14-11-9(10(13)16)8(6(3)19-11)12(17)18-5-2/h4-5H2,1-3H3,(H2,13,16)(H,14,15). The van der Waals surface area contributed by atoms with Crippen molar-refractivity contribution in [2.45, 2.75) is 27.2 Å². The Bertz CT molecular complexity index is 518. The van der Waals surface area contributed by atoms with E-state index in [1.165, 1.54) is 6.92 Å². The Kier molecular flexibility index (Phi) is 4.68. The monoisotopic (exact) mass is 268 g/mol. The third kappa shape index (κ3) is 3.12. The van der Waals surface area contributed by atoms with E-state index in [0.717, 1.165) is 0 Å². The topological polar surface area (TPSA) is 112 Å². The van der Waals surface area contributed by atoms with Gasteiger partial charge in [-0.25, -0.2) is 4.79 Å². The van der Waals surface area contributed by atoms with E-state index in [4.69, 9.17) is 14.9 Å². The molecule has 0 aliphatic heterocycles. The molecule has 0 aromatic carbocycles. The molecule has 3 N–H and O–H groups in total. The van der Waals surface area contributed by atoms with Crippen LogP contribution in [0.4, 0.5) is 5.88 Å². The average molecular weight is 268 g/mol. The van der Waals surface area contributed by atoms with Crippen LogP contribution in [0.5, 0.6) is 0 Å². The molecule has 7 nitrogen and oxygen atoms in total. The van der Waals surface area contributed by atoms with Crippen molar-refractivity contribution in [3.8, 4) is 0 Å². The van der Waals surface area contributed by atoms with Gasteiger partial charge in [0.05, 0.1) is 6.61 Å². The molecule has 0 aliphatic carbocycles. The number of hydrogen-bond donors (Lipinski definition) is 2. The molecule has 0 fully saturated rings. The zero-order chi connectivity index (χ0) is 14.6. The van der Waals surface area contributed by atoms with Crippen molar-refractivity contribution in [3.05, 3.63) is 16.9 Å². The van der Waals surface area contributed by atoms with Gasteiger partial charge in [-0.2, -0.15) is 0 Å². The van der Waals surface area contributed by atoms with Gasteiger partial charge in [0, 0.05) is 6.42 Å². The molecule has 1 aromatic rings. The second kappa shape index (κ2) is 6.03. The SMILES string of the molecule is CCOC(=O)c1c(C)oc(NC(=O)CC)c1C(N)=O. The lowest BCUT2D eigenvalue weighted by Crippen LogP contribution is -2.19. The number of primary amides is 1. The summed E-state index contributed by atoms with van der Waals surface area (Å²) < 4.78 is 10.0. The summed E-state index contributed by atoms with van der Waals surface area (Å²) in [4.78, 5) is 34.5. The van der Waals surface area contributed by atoms with Crippen LogP contribution in [-0.2, 0) is 9.53 Å². The highest BCUT2D eigenvalue weighted by Crippen LogP contribution is 2.27. The summed E-state index contributed by atoms with van der Waals surface area (Å²) in [5.41, 5.74) is 5.00. The van der Waals surface area contributed by atoms with Gasteiger partial charge in [-0.3, -0.25) is 14.9 Å². The van der Waals surface area contributed by atoms with Gasteiger partial charge in [0.1, 0.15) is 16.9 Å². The molecular weight excluding hydrogens is 252 g/mol. The summed E-state index contributed by atoms with van der Waals surface area (Å²) in [5, 5.41) is 2.39. The summed E-state index contributed by atoms with van der Waals surface area (Å²) in [7, 11) is 0. The minimum absolute atomic E-state index is 0.0549. The Balaban J connectivity index is 3.27. The molecule has 0 bridgehead atoms. The first-order valence-corrected chi connectivity index (χ1v) is 5.82. The number of ether oxygens (including phenoxy) is 1. The molecular formula is C12H16N2O5. The van der Waals surface area contributed by atoms with Crippen LogP contribution in [0.3, 0.4) is 0 Å². The maximum absolute atomic E-state index is 11.8. The van der Waals surface area contributed by atoms with Gasteiger partial charge < -0.3 is 14.9 Å². The van der Waals surface area contributed by atoms with Crippen LogP contribution in [0, 0.1) is 6.92 Å². The van der Waals surface area contributed by atoms with Gasteiger partial charge in [-0.1, -0.05) is 6.92 Å². The third-order valence-electron chi connectivity index (χ3n) is 2.38. The highest BCUT2D eigenvalue weighted by Gasteiger charge is 2.28. The van der Waals surface area contributed by atoms with Crippen LogP contribution in [-0.4, -0.2) is 24.4 Å². The van der Waals surface area contributed by atoms with E-state index >= 15 is 0 Å². The van der Waals surface area contributed by atoms with Gasteiger partial charge >= 0.3 is 5.97 Å². The van der Waals surface area contributed by atoms with Gasteiger partial charge in [0.2, 0.25) is 11.8 Å². The summed E-state index contributed by atoms with van der Waals surface area (Å²) in [5.74, 6) is -1.90. The Labute approximate surface area is 110 Å². The highest BCUT2D eigenvalue weighted by atomic mass is 16.5. The van der Waals surface area contributed by atoms with Crippen molar-refractivity contribution in [1.29, 1.82) is 0 Å². The Morgan fingerprint density at radius 3 is 2.37 bits per heavy atom. The van der Waals surface area contributed by atoms with Gasteiger partial charge in [-0.15, -0.1) is 0 Å². The van der Waals surface area contributed by atoms with E-state index in [1.54, 1.807) is 13.8 Å². The number of anilines is 1. The molecule has 0 aliphatic rings. The molecule has 1 aromatic heterocycles. The molecule has 0 saturated heterocycles. The quantitative estimate of drug-likeness (QED) is 0.779.